The Kier molecular flexibility index (Phi) is 14.9. The molecular weight excluding hydrogens is 859 g/mol. The van der Waals surface area contributed by atoms with Crippen molar-refractivity contribution in [3.63, 3.8) is 0 Å². The lowest BCUT2D eigenvalue weighted by atomic mass is 9.55. The highest BCUT2D eigenvalue weighted by atomic mass is 16.3. The van der Waals surface area contributed by atoms with Crippen molar-refractivity contribution in [2.75, 3.05) is 6.54 Å². The fraction of sp³-hybridized carbons (Fsp3) is 0.667. The molecule has 0 aromatic carbocycles. The number of hydrogen-bond donors (Lipinski definition) is 9. The van der Waals surface area contributed by atoms with E-state index < -0.39 is 98.5 Å². The van der Waals surface area contributed by atoms with Crippen LogP contribution in [0.5, 0.6) is 0 Å². The van der Waals surface area contributed by atoms with Crippen molar-refractivity contribution < 1.29 is 38.7 Å². The van der Waals surface area contributed by atoms with Crippen LogP contribution in [0.25, 0.3) is 0 Å². The molecule has 10 unspecified atom stereocenters. The standard InChI is InChI=1S/C48H73N11O8/c1-23(60)22-55-38(67)16-17-45(6)29(18-35(52)64)43-48(9)47(8,21-37(54)66)28(12-15-34(51)63)40(59-48)25(3)42-46(7,20-36(53)65)26(10-13-32(49)61)30(56-42)19-31-44(4,5)27(11-14-33(50)62)39(57-31)24(2)41(45)58-43/h19,23,26-29,43,56,60H,10-18,20-22H2,1-9H3,(H2,49,61)(H2,50,62)(H2,51,63)(H2,52,64)(H2,53,65)(H2,54,66)(H,55,67)/b30-19-,39-24-,42-25?. The van der Waals surface area contributed by atoms with Gasteiger partial charge >= 0.3 is 0 Å². The van der Waals surface area contributed by atoms with Crippen LogP contribution in [0.4, 0.5) is 0 Å². The van der Waals surface area contributed by atoms with Crippen LogP contribution in [0, 0.1) is 45.3 Å². The van der Waals surface area contributed by atoms with Gasteiger partial charge in [-0.3, -0.25) is 48.5 Å². The van der Waals surface area contributed by atoms with Crippen LogP contribution < -0.4 is 45.0 Å². The number of nitrogens with two attached hydrogens (primary N) is 6. The van der Waals surface area contributed by atoms with Gasteiger partial charge in [-0.1, -0.05) is 34.6 Å². The summed E-state index contributed by atoms with van der Waals surface area (Å²) in [6.07, 6.45) is 1.23. The van der Waals surface area contributed by atoms with Gasteiger partial charge in [-0.2, -0.15) is 0 Å². The topological polar surface area (TPSA) is 357 Å². The van der Waals surface area contributed by atoms with Gasteiger partial charge < -0.3 is 50.1 Å². The molecule has 19 heteroatoms. The summed E-state index contributed by atoms with van der Waals surface area (Å²) < 4.78 is 0. The summed E-state index contributed by atoms with van der Waals surface area (Å²) in [7, 11) is 0. The van der Waals surface area contributed by atoms with Crippen LogP contribution in [0.3, 0.4) is 0 Å². The number of aliphatic imine (C=N–C) groups is 3. The smallest absolute Gasteiger partial charge is 0.220 e. The van der Waals surface area contributed by atoms with Gasteiger partial charge in [0.05, 0.1) is 17.7 Å². The molecule has 0 spiro atoms. The number of nitrogens with one attached hydrogen (secondary N) is 2. The highest BCUT2D eigenvalue weighted by molar-refractivity contribution is 6.10. The Morgan fingerprint density at radius 2 is 1.28 bits per heavy atom. The van der Waals surface area contributed by atoms with Gasteiger partial charge in [0.1, 0.15) is 0 Å². The van der Waals surface area contributed by atoms with E-state index in [2.05, 4.69) is 10.6 Å². The Labute approximate surface area is 393 Å². The van der Waals surface area contributed by atoms with E-state index in [-0.39, 0.29) is 76.7 Å². The summed E-state index contributed by atoms with van der Waals surface area (Å²) >= 11 is 0. The minimum atomic E-state index is -1.39. The number of carbonyl (C=O) groups is 7. The summed E-state index contributed by atoms with van der Waals surface area (Å²) in [5.74, 6) is -6.25. The Morgan fingerprint density at radius 1 is 0.731 bits per heavy atom. The van der Waals surface area contributed by atoms with Crippen molar-refractivity contribution in [2.45, 2.75) is 151 Å². The van der Waals surface area contributed by atoms with Crippen molar-refractivity contribution in [1.82, 2.24) is 10.6 Å². The van der Waals surface area contributed by atoms with E-state index in [1.165, 1.54) is 0 Å². The summed E-state index contributed by atoms with van der Waals surface area (Å²) in [5.41, 5.74) is 34.9. The molecule has 67 heavy (non-hydrogen) atoms. The lowest BCUT2D eigenvalue weighted by Crippen LogP contribution is -2.56. The average Bonchev–Trinajstić information content (AvgIpc) is 3.80. The fourth-order valence-electron chi connectivity index (χ4n) is 12.3. The van der Waals surface area contributed by atoms with Gasteiger partial charge in [-0.25, -0.2) is 0 Å². The first-order valence-electron chi connectivity index (χ1n) is 23.3. The number of hydrogen-bond acceptors (Lipinski definition) is 12. The van der Waals surface area contributed by atoms with Gasteiger partial charge in [0.25, 0.3) is 0 Å². The van der Waals surface area contributed by atoms with Crippen LogP contribution in [0.15, 0.2) is 49.3 Å². The Balaban J connectivity index is 2.00. The molecule has 1 fully saturated rings. The van der Waals surface area contributed by atoms with Crippen LogP contribution in [-0.2, 0) is 33.6 Å². The third-order valence-electron chi connectivity index (χ3n) is 16.1. The molecule has 10 atom stereocenters. The van der Waals surface area contributed by atoms with E-state index >= 15 is 0 Å². The number of amides is 7. The summed E-state index contributed by atoms with van der Waals surface area (Å²) in [5, 5.41) is 16.4. The second-order valence-corrected chi connectivity index (χ2v) is 21.2. The molecule has 8 bridgehead atoms. The van der Waals surface area contributed by atoms with Crippen LogP contribution in [0.2, 0.25) is 0 Å². The molecule has 0 aliphatic carbocycles. The van der Waals surface area contributed by atoms with Gasteiger partial charge in [-0.15, -0.1) is 0 Å². The van der Waals surface area contributed by atoms with Crippen molar-refractivity contribution in [3.8, 4) is 0 Å². The van der Waals surface area contributed by atoms with Crippen molar-refractivity contribution in [1.29, 1.82) is 0 Å². The average molecular weight is 932 g/mol. The van der Waals surface area contributed by atoms with Crippen molar-refractivity contribution >= 4 is 58.5 Å². The molecule has 0 aromatic rings. The number of nitrogens with zero attached hydrogens (tertiary/aromatic N) is 3. The molecule has 5 aliphatic heterocycles. The van der Waals surface area contributed by atoms with Crippen LogP contribution >= 0.6 is 0 Å². The highest BCUT2D eigenvalue weighted by Gasteiger charge is 2.66. The summed E-state index contributed by atoms with van der Waals surface area (Å²) in [6, 6.07) is -0.913. The number of fused-ring (bicyclic) bond motifs is 6. The molecule has 5 rings (SSSR count). The molecule has 15 N–H and O–H groups in total. The minimum absolute atomic E-state index is 0.0237. The lowest BCUT2D eigenvalue weighted by Gasteiger charge is -2.48. The fourth-order valence-corrected chi connectivity index (χ4v) is 12.3. The molecule has 0 aromatic heterocycles. The van der Waals surface area contributed by atoms with Gasteiger partial charge in [0.15, 0.2) is 0 Å². The van der Waals surface area contributed by atoms with Gasteiger partial charge in [0.2, 0.25) is 41.4 Å². The maximum atomic E-state index is 13.5. The molecule has 368 valence electrons. The minimum Gasteiger partial charge on any atom is -0.392 e. The third-order valence-corrected chi connectivity index (χ3v) is 16.1. The first kappa shape index (κ1) is 52.3. The molecule has 0 saturated carbocycles. The Bertz CT molecular complexity index is 2310. The first-order chi connectivity index (χ1) is 30.9. The zero-order valence-corrected chi connectivity index (χ0v) is 40.6. The van der Waals surface area contributed by atoms with Crippen LogP contribution in [-0.4, -0.2) is 87.8 Å². The predicted octanol–water partition coefficient (Wildman–Crippen LogP) is 1.74. The second kappa shape index (κ2) is 19.1. The van der Waals surface area contributed by atoms with E-state index in [4.69, 9.17) is 49.4 Å². The number of carbonyl (C=O) groups excluding carboxylic acids is 7. The molecule has 0 radical (unpaired) electrons. The van der Waals surface area contributed by atoms with E-state index in [9.17, 15) is 38.7 Å². The van der Waals surface area contributed by atoms with E-state index in [0.29, 0.717) is 51.8 Å². The molecule has 5 aliphatic rings. The van der Waals surface area contributed by atoms with Crippen LogP contribution in [0.1, 0.15) is 133 Å². The molecular formula is C48H73N11O8. The number of aliphatic hydroxyl groups is 1. The lowest BCUT2D eigenvalue weighted by molar-refractivity contribution is -0.124. The highest BCUT2D eigenvalue weighted by Crippen LogP contribution is 2.62. The van der Waals surface area contributed by atoms with Gasteiger partial charge in [0, 0.05) is 131 Å². The van der Waals surface area contributed by atoms with E-state index in [1.807, 2.05) is 61.5 Å². The number of aliphatic hydroxyl groups excluding tert-OH is 1. The third kappa shape index (κ3) is 9.84. The number of allylic oxidation sites excluding steroid dienone is 6. The zero-order valence-electron chi connectivity index (χ0n) is 40.6. The zero-order chi connectivity index (χ0) is 50.4. The van der Waals surface area contributed by atoms with E-state index in [1.54, 1.807) is 6.92 Å². The van der Waals surface area contributed by atoms with E-state index in [0.717, 1.165) is 0 Å². The number of rotatable bonds is 20. The number of primary amides is 6. The summed E-state index contributed by atoms with van der Waals surface area (Å²) in [6.45, 7) is 16.9. The van der Waals surface area contributed by atoms with Crippen molar-refractivity contribution in [2.24, 2.45) is 94.7 Å². The normalized spacial score (nSPS) is 34.1. The predicted molar refractivity (Wildman–Crippen MR) is 254 cm³/mol. The Morgan fingerprint density at radius 3 is 1.81 bits per heavy atom. The summed E-state index contributed by atoms with van der Waals surface area (Å²) in [4.78, 5) is 108. The van der Waals surface area contributed by atoms with Gasteiger partial charge in [-0.05, 0) is 70.6 Å². The molecule has 7 amide bonds. The molecule has 5 heterocycles. The molecule has 1 saturated heterocycles. The largest absolute Gasteiger partial charge is 0.392 e. The second-order valence-electron chi connectivity index (χ2n) is 21.2. The Hall–Kier alpha value is -5.72. The maximum Gasteiger partial charge on any atom is 0.220 e. The molecule has 19 nitrogen and oxygen atoms in total. The SMILES string of the molecule is CC1=C2N/C(=C\C3=NC(=C(/C)C4=NC(C(CC(N)=O)C4(C)CCC(=O)NCC(C)O)C4(C)N=C1C(CCC(N)=O)C4(C)CC(N)=O)/C(CCC(N)=O)C3(C)C)C(CCC(N)=O)C2(C)CC(N)=O. The first-order valence-corrected chi connectivity index (χ1v) is 23.3. The quantitative estimate of drug-likeness (QED) is 0.0857. The monoisotopic (exact) mass is 932 g/mol. The van der Waals surface area contributed by atoms with Crippen molar-refractivity contribution in [3.05, 3.63) is 34.3 Å². The maximum absolute atomic E-state index is 13.5.